The number of anilines is 1. The number of nitrogens with two attached hydrogens (primary N) is 1. The smallest absolute Gasteiger partial charge is 0.213 e. The molecule has 0 aliphatic carbocycles. The van der Waals surface area contributed by atoms with E-state index in [-0.39, 0.29) is 5.82 Å². The van der Waals surface area contributed by atoms with Crippen LogP contribution >= 0.6 is 0 Å². The monoisotopic (exact) mass is 419 g/mol. The first-order valence-corrected chi connectivity index (χ1v) is 10.9. The van der Waals surface area contributed by atoms with Gasteiger partial charge >= 0.3 is 0 Å². The van der Waals surface area contributed by atoms with E-state index in [1.54, 1.807) is 12.3 Å². The van der Waals surface area contributed by atoms with E-state index in [0.29, 0.717) is 23.2 Å². The molecule has 0 saturated carbocycles. The van der Waals surface area contributed by atoms with Gasteiger partial charge in [0.1, 0.15) is 11.5 Å². The molecule has 0 bridgehead atoms. The largest absolute Gasteiger partial charge is 0.382 e. The zero-order valence-electron chi connectivity index (χ0n) is 17.4. The first-order chi connectivity index (χ1) is 15.2. The van der Waals surface area contributed by atoms with Gasteiger partial charge in [0.15, 0.2) is 0 Å². The third-order valence-corrected chi connectivity index (χ3v) is 6.28. The van der Waals surface area contributed by atoms with Gasteiger partial charge in [-0.15, -0.1) is 0 Å². The van der Waals surface area contributed by atoms with Crippen molar-refractivity contribution in [1.82, 2.24) is 20.3 Å². The summed E-state index contributed by atoms with van der Waals surface area (Å²) >= 11 is 0. The number of aromatic nitrogens is 3. The second kappa shape index (κ2) is 8.69. The van der Waals surface area contributed by atoms with Gasteiger partial charge in [0.25, 0.3) is 0 Å². The van der Waals surface area contributed by atoms with Gasteiger partial charge in [0.2, 0.25) is 5.95 Å². The molecule has 2 saturated heterocycles. The van der Waals surface area contributed by atoms with Gasteiger partial charge in [-0.3, -0.25) is 0 Å². The van der Waals surface area contributed by atoms with Crippen molar-refractivity contribution in [1.29, 1.82) is 0 Å². The second-order valence-corrected chi connectivity index (χ2v) is 8.24. The van der Waals surface area contributed by atoms with Crippen LogP contribution in [0, 0.1) is 5.95 Å². The quantitative estimate of drug-likeness (QED) is 0.615. The molecule has 7 heteroatoms. The Balaban J connectivity index is 1.56. The van der Waals surface area contributed by atoms with Crippen LogP contribution in [0.15, 0.2) is 42.7 Å². The number of halogens is 1. The fraction of sp³-hybridized carbons (Fsp3) is 0.375. The van der Waals surface area contributed by atoms with E-state index in [0.717, 1.165) is 50.3 Å². The van der Waals surface area contributed by atoms with Crippen LogP contribution in [-0.4, -0.2) is 34.7 Å². The Morgan fingerprint density at radius 3 is 2.65 bits per heavy atom. The fourth-order valence-electron chi connectivity index (χ4n) is 4.67. The van der Waals surface area contributed by atoms with Gasteiger partial charge < -0.3 is 15.8 Å². The molecule has 0 amide bonds. The summed E-state index contributed by atoms with van der Waals surface area (Å²) in [5.74, 6) is 0.221. The van der Waals surface area contributed by atoms with Gasteiger partial charge in [-0.25, -0.2) is 15.0 Å². The van der Waals surface area contributed by atoms with Crippen molar-refractivity contribution in [2.45, 2.75) is 37.6 Å². The number of rotatable bonds is 4. The van der Waals surface area contributed by atoms with Gasteiger partial charge in [-0.1, -0.05) is 12.1 Å². The number of ether oxygens (including phenoxy) is 1. The number of hydrogen-bond acceptors (Lipinski definition) is 6. The van der Waals surface area contributed by atoms with Crippen LogP contribution in [-0.2, 0) is 4.74 Å². The number of nitrogen functional groups attached to an aromatic ring is 1. The minimum Gasteiger partial charge on any atom is -0.382 e. The van der Waals surface area contributed by atoms with Crippen molar-refractivity contribution in [2.24, 2.45) is 0 Å². The van der Waals surface area contributed by atoms with E-state index in [1.807, 2.05) is 0 Å². The molecule has 2 fully saturated rings. The van der Waals surface area contributed by atoms with E-state index in [4.69, 9.17) is 15.5 Å². The molecule has 2 aliphatic rings. The summed E-state index contributed by atoms with van der Waals surface area (Å²) in [4.78, 5) is 12.7. The fourth-order valence-corrected chi connectivity index (χ4v) is 4.67. The molecule has 1 atom stereocenters. The predicted molar refractivity (Wildman–Crippen MR) is 118 cm³/mol. The zero-order valence-corrected chi connectivity index (χ0v) is 17.4. The maximum absolute atomic E-state index is 13.6. The highest BCUT2D eigenvalue weighted by Gasteiger charge is 2.25. The molecule has 160 valence electrons. The average Bonchev–Trinajstić information content (AvgIpc) is 3.35. The molecular weight excluding hydrogens is 393 g/mol. The van der Waals surface area contributed by atoms with Crippen molar-refractivity contribution >= 4 is 5.82 Å². The molecular formula is C24H26FN5O. The van der Waals surface area contributed by atoms with Crippen molar-refractivity contribution in [3.63, 3.8) is 0 Å². The molecule has 0 spiro atoms. The summed E-state index contributed by atoms with van der Waals surface area (Å²) in [7, 11) is 0. The van der Waals surface area contributed by atoms with Gasteiger partial charge in [-0.2, -0.15) is 4.39 Å². The molecule has 3 N–H and O–H groups in total. The zero-order chi connectivity index (χ0) is 21.2. The topological polar surface area (TPSA) is 86.0 Å². The third kappa shape index (κ3) is 4.16. The second-order valence-electron chi connectivity index (χ2n) is 8.24. The average molecular weight is 420 g/mol. The minimum atomic E-state index is -0.570. The number of benzene rings is 1. The maximum Gasteiger partial charge on any atom is 0.213 e. The van der Waals surface area contributed by atoms with Crippen molar-refractivity contribution in [2.75, 3.05) is 25.5 Å². The summed E-state index contributed by atoms with van der Waals surface area (Å²) in [6.07, 6.45) is 7.52. The van der Waals surface area contributed by atoms with Crippen LogP contribution < -0.4 is 11.1 Å². The summed E-state index contributed by atoms with van der Waals surface area (Å²) in [5, 5.41) is 3.65. The van der Waals surface area contributed by atoms with Crippen LogP contribution in [0.25, 0.3) is 22.5 Å². The molecule has 4 heterocycles. The van der Waals surface area contributed by atoms with Crippen LogP contribution in [0.4, 0.5) is 10.2 Å². The first-order valence-electron chi connectivity index (χ1n) is 10.9. The lowest BCUT2D eigenvalue weighted by molar-refractivity contribution is 0.0851. The third-order valence-electron chi connectivity index (χ3n) is 6.28. The number of nitrogens with zero attached hydrogens (tertiary/aromatic N) is 3. The first kappa shape index (κ1) is 20.0. The molecule has 0 radical (unpaired) electrons. The van der Waals surface area contributed by atoms with Crippen LogP contribution in [0.2, 0.25) is 0 Å². The summed E-state index contributed by atoms with van der Waals surface area (Å²) < 4.78 is 19.2. The molecule has 2 aliphatic heterocycles. The molecule has 2 aromatic heterocycles. The molecule has 1 aromatic carbocycles. The lowest BCUT2D eigenvalue weighted by Crippen LogP contribution is -2.19. The Hall–Kier alpha value is -2.90. The van der Waals surface area contributed by atoms with Crippen LogP contribution in [0.1, 0.15) is 48.8 Å². The maximum atomic E-state index is 13.6. The van der Waals surface area contributed by atoms with Gasteiger partial charge in [-0.05, 0) is 61.4 Å². The Kier molecular flexibility index (Phi) is 5.61. The number of hydrogen-bond donors (Lipinski definition) is 2. The van der Waals surface area contributed by atoms with Crippen LogP contribution in [0.3, 0.4) is 0 Å². The minimum absolute atomic E-state index is 0.269. The van der Waals surface area contributed by atoms with Crippen molar-refractivity contribution < 1.29 is 9.13 Å². The number of pyridine rings is 1. The van der Waals surface area contributed by atoms with E-state index in [1.165, 1.54) is 29.8 Å². The lowest BCUT2D eigenvalue weighted by Gasteiger charge is -2.27. The van der Waals surface area contributed by atoms with Gasteiger partial charge in [0.05, 0.1) is 11.9 Å². The molecule has 3 aromatic rings. The highest BCUT2D eigenvalue weighted by atomic mass is 19.1. The van der Waals surface area contributed by atoms with Crippen LogP contribution in [0.5, 0.6) is 0 Å². The summed E-state index contributed by atoms with van der Waals surface area (Å²) in [5.41, 5.74) is 11.6. The predicted octanol–water partition coefficient (Wildman–Crippen LogP) is 4.25. The van der Waals surface area contributed by atoms with Crippen molar-refractivity contribution in [3.05, 3.63) is 59.8 Å². The lowest BCUT2D eigenvalue weighted by atomic mass is 9.84. The molecule has 31 heavy (non-hydrogen) atoms. The number of nitrogens with one attached hydrogen (secondary N) is 1. The van der Waals surface area contributed by atoms with E-state index in [9.17, 15) is 4.39 Å². The Labute approximate surface area is 181 Å². The highest BCUT2D eigenvalue weighted by molar-refractivity contribution is 5.73. The Morgan fingerprint density at radius 1 is 1.00 bits per heavy atom. The van der Waals surface area contributed by atoms with Gasteiger partial charge in [0, 0.05) is 42.6 Å². The summed E-state index contributed by atoms with van der Waals surface area (Å²) in [6.45, 7) is 2.68. The van der Waals surface area contributed by atoms with E-state index >= 15 is 0 Å². The van der Waals surface area contributed by atoms with E-state index in [2.05, 4.69) is 33.5 Å². The standard InChI is InChI=1S/C24H26FN5O/c25-22-13-17(5-9-28-22)23-24(26)29-14-21(30-23)16-3-4-18(15-6-10-31-11-7-15)19(12-16)20-2-1-8-27-20/h3-5,9,12-15,20,27H,1-2,6-8,10-11H2,(H2,26,29)/t20-/m0/s1. The molecule has 5 rings (SSSR count). The Bertz CT molecular complexity index is 1080. The molecule has 6 nitrogen and oxygen atoms in total. The normalized spacial score (nSPS) is 19.6. The SMILES string of the molecule is Nc1ncc(-c2ccc(C3CCOCC3)c([C@@H]3CCCN3)c2)nc1-c1ccnc(F)c1. The Morgan fingerprint density at radius 2 is 1.87 bits per heavy atom. The summed E-state index contributed by atoms with van der Waals surface area (Å²) in [6, 6.07) is 9.96. The molecule has 0 unspecified atom stereocenters. The van der Waals surface area contributed by atoms with E-state index < -0.39 is 5.95 Å². The highest BCUT2D eigenvalue weighted by Crippen LogP contribution is 2.37. The van der Waals surface area contributed by atoms with Crippen molar-refractivity contribution in [3.8, 4) is 22.5 Å².